The van der Waals surface area contributed by atoms with Gasteiger partial charge in [0.15, 0.2) is 5.82 Å². The molecule has 0 aliphatic rings. The van der Waals surface area contributed by atoms with E-state index >= 15 is 0 Å². The van der Waals surface area contributed by atoms with Gasteiger partial charge in [0.1, 0.15) is 23.8 Å². The standard InChI is InChI=1S/C29H32N6O4/c1-4-6-27(28-31-32-33-35(28)19-25-7-5-14-39-25)34(17-20-8-10-23(37-2)11-9-20)18-22-15-21-16-24(38-3)12-13-26(21)30-29(22)36/h5,7-16,27H,4,6,17-19H2,1-3H3,(H,30,36)/t27-/m1/s1. The Morgan fingerprint density at radius 3 is 2.54 bits per heavy atom. The summed E-state index contributed by atoms with van der Waals surface area (Å²) in [6.07, 6.45) is 3.34. The largest absolute Gasteiger partial charge is 0.497 e. The third kappa shape index (κ3) is 6.01. The molecule has 0 bridgehead atoms. The van der Waals surface area contributed by atoms with Crippen LogP contribution in [-0.2, 0) is 19.6 Å². The maximum Gasteiger partial charge on any atom is 0.252 e. The summed E-state index contributed by atoms with van der Waals surface area (Å²) in [5.74, 6) is 3.01. The second-order valence-electron chi connectivity index (χ2n) is 9.41. The molecule has 0 aliphatic carbocycles. The number of nitrogens with zero attached hydrogens (tertiary/aromatic N) is 5. The van der Waals surface area contributed by atoms with Gasteiger partial charge in [-0.15, -0.1) is 5.10 Å². The molecule has 0 unspecified atom stereocenters. The Kier molecular flexibility index (Phi) is 8.02. The number of aromatic nitrogens is 5. The van der Waals surface area contributed by atoms with E-state index in [1.165, 1.54) is 0 Å². The van der Waals surface area contributed by atoms with Crippen LogP contribution in [0.15, 0.2) is 76.1 Å². The third-order valence-corrected chi connectivity index (χ3v) is 6.79. The summed E-state index contributed by atoms with van der Waals surface area (Å²) in [7, 11) is 3.28. The van der Waals surface area contributed by atoms with E-state index in [0.717, 1.165) is 52.4 Å². The van der Waals surface area contributed by atoms with E-state index < -0.39 is 0 Å². The molecule has 0 spiro atoms. The van der Waals surface area contributed by atoms with Gasteiger partial charge in [0, 0.05) is 29.6 Å². The fraction of sp³-hybridized carbons (Fsp3) is 0.310. The normalized spacial score (nSPS) is 12.2. The van der Waals surface area contributed by atoms with Gasteiger partial charge < -0.3 is 18.9 Å². The summed E-state index contributed by atoms with van der Waals surface area (Å²) in [6.45, 7) is 3.53. The predicted octanol–water partition coefficient (Wildman–Crippen LogP) is 4.72. The third-order valence-electron chi connectivity index (χ3n) is 6.79. The van der Waals surface area contributed by atoms with E-state index in [1.807, 2.05) is 60.7 Å². The molecule has 0 aliphatic heterocycles. The first-order valence-corrected chi connectivity index (χ1v) is 12.9. The smallest absolute Gasteiger partial charge is 0.252 e. The summed E-state index contributed by atoms with van der Waals surface area (Å²) in [4.78, 5) is 18.5. The number of nitrogens with one attached hydrogen (secondary N) is 1. The number of pyridine rings is 1. The summed E-state index contributed by atoms with van der Waals surface area (Å²) in [6, 6.07) is 19.1. The number of aromatic amines is 1. The molecule has 0 saturated carbocycles. The molecule has 0 radical (unpaired) electrons. The lowest BCUT2D eigenvalue weighted by atomic mass is 10.1. The highest BCUT2D eigenvalue weighted by atomic mass is 16.5. The SMILES string of the molecule is CCC[C@H](c1nnnn1Cc1ccco1)N(Cc1ccc(OC)cc1)Cc1cc2cc(OC)ccc2[nH]c1=O. The van der Waals surface area contributed by atoms with Gasteiger partial charge in [-0.25, -0.2) is 4.68 Å². The van der Waals surface area contributed by atoms with Crippen molar-refractivity contribution in [1.82, 2.24) is 30.1 Å². The molecule has 202 valence electrons. The molecular formula is C29H32N6O4. The number of fused-ring (bicyclic) bond motifs is 1. The van der Waals surface area contributed by atoms with Gasteiger partial charge in [-0.1, -0.05) is 25.5 Å². The number of H-pyrrole nitrogens is 1. The molecule has 1 atom stereocenters. The van der Waals surface area contributed by atoms with Crippen molar-refractivity contribution in [3.8, 4) is 11.5 Å². The van der Waals surface area contributed by atoms with Gasteiger partial charge in [-0.05, 0) is 70.9 Å². The van der Waals surface area contributed by atoms with E-state index in [2.05, 4.69) is 32.3 Å². The molecule has 10 nitrogen and oxygen atoms in total. The summed E-state index contributed by atoms with van der Waals surface area (Å²) < 4.78 is 18.1. The number of rotatable bonds is 12. The van der Waals surface area contributed by atoms with Gasteiger partial charge in [0.2, 0.25) is 0 Å². The minimum Gasteiger partial charge on any atom is -0.497 e. The zero-order valence-electron chi connectivity index (χ0n) is 22.3. The molecule has 2 aromatic carbocycles. The zero-order chi connectivity index (χ0) is 27.2. The van der Waals surface area contributed by atoms with Crippen molar-refractivity contribution in [3.05, 3.63) is 100.0 Å². The predicted molar refractivity (Wildman–Crippen MR) is 147 cm³/mol. The highest BCUT2D eigenvalue weighted by Gasteiger charge is 2.27. The van der Waals surface area contributed by atoms with E-state index in [0.29, 0.717) is 25.2 Å². The van der Waals surface area contributed by atoms with Crippen LogP contribution in [0, 0.1) is 0 Å². The first-order chi connectivity index (χ1) is 19.1. The maximum atomic E-state index is 13.2. The number of furan rings is 1. The van der Waals surface area contributed by atoms with Gasteiger partial charge >= 0.3 is 0 Å². The van der Waals surface area contributed by atoms with Gasteiger partial charge in [0.25, 0.3) is 5.56 Å². The molecular weight excluding hydrogens is 496 g/mol. The van der Waals surface area contributed by atoms with Gasteiger partial charge in [0.05, 0.1) is 26.5 Å². The molecule has 5 rings (SSSR count). The van der Waals surface area contributed by atoms with Crippen molar-refractivity contribution in [2.75, 3.05) is 14.2 Å². The molecule has 0 fully saturated rings. The number of tetrazole rings is 1. The highest BCUT2D eigenvalue weighted by molar-refractivity contribution is 5.80. The maximum absolute atomic E-state index is 13.2. The van der Waals surface area contributed by atoms with Crippen LogP contribution in [0.5, 0.6) is 11.5 Å². The Labute approximate surface area is 226 Å². The van der Waals surface area contributed by atoms with Crippen molar-refractivity contribution in [2.24, 2.45) is 0 Å². The average molecular weight is 529 g/mol. The lowest BCUT2D eigenvalue weighted by molar-refractivity contribution is 0.155. The first-order valence-electron chi connectivity index (χ1n) is 12.9. The zero-order valence-corrected chi connectivity index (χ0v) is 22.3. The monoisotopic (exact) mass is 528 g/mol. The Morgan fingerprint density at radius 2 is 1.82 bits per heavy atom. The number of hydrogen-bond acceptors (Lipinski definition) is 8. The van der Waals surface area contributed by atoms with Crippen molar-refractivity contribution in [3.63, 3.8) is 0 Å². The van der Waals surface area contributed by atoms with Crippen LogP contribution in [0.3, 0.4) is 0 Å². The molecule has 0 amide bonds. The van der Waals surface area contributed by atoms with Gasteiger partial charge in [-0.3, -0.25) is 9.69 Å². The quantitative estimate of drug-likeness (QED) is 0.248. The Morgan fingerprint density at radius 1 is 1.03 bits per heavy atom. The lowest BCUT2D eigenvalue weighted by Gasteiger charge is -2.31. The summed E-state index contributed by atoms with van der Waals surface area (Å²) in [5, 5.41) is 13.6. The van der Waals surface area contributed by atoms with E-state index in [-0.39, 0.29) is 11.6 Å². The minimum absolute atomic E-state index is 0.127. The van der Waals surface area contributed by atoms with Crippen LogP contribution in [0.4, 0.5) is 0 Å². The Hall–Kier alpha value is -4.44. The number of ether oxygens (including phenoxy) is 2. The van der Waals surface area contributed by atoms with E-state index in [1.54, 1.807) is 25.2 Å². The van der Waals surface area contributed by atoms with Crippen LogP contribution < -0.4 is 15.0 Å². The number of methoxy groups -OCH3 is 2. The molecule has 3 heterocycles. The average Bonchev–Trinajstić information content (AvgIpc) is 3.64. The van der Waals surface area contributed by atoms with Crippen molar-refractivity contribution < 1.29 is 13.9 Å². The van der Waals surface area contributed by atoms with Crippen LogP contribution in [-0.4, -0.2) is 44.3 Å². The Bertz CT molecular complexity index is 1560. The first kappa shape index (κ1) is 26.2. The second-order valence-corrected chi connectivity index (χ2v) is 9.41. The van der Waals surface area contributed by atoms with Gasteiger partial charge in [-0.2, -0.15) is 0 Å². The van der Waals surface area contributed by atoms with Crippen molar-refractivity contribution in [2.45, 2.75) is 45.4 Å². The van der Waals surface area contributed by atoms with E-state index in [4.69, 9.17) is 13.9 Å². The summed E-state index contributed by atoms with van der Waals surface area (Å²) in [5.41, 5.74) is 2.37. The highest BCUT2D eigenvalue weighted by Crippen LogP contribution is 2.29. The van der Waals surface area contributed by atoms with E-state index in [9.17, 15) is 4.79 Å². The Balaban J connectivity index is 1.54. The molecule has 1 N–H and O–H groups in total. The van der Waals surface area contributed by atoms with Crippen LogP contribution in [0.2, 0.25) is 0 Å². The molecule has 10 heteroatoms. The van der Waals surface area contributed by atoms with Crippen LogP contribution in [0.1, 0.15) is 48.5 Å². The molecule has 0 saturated heterocycles. The topological polar surface area (TPSA) is 111 Å². The molecule has 5 aromatic rings. The van der Waals surface area contributed by atoms with Crippen molar-refractivity contribution >= 4 is 10.9 Å². The van der Waals surface area contributed by atoms with Crippen LogP contribution in [0.25, 0.3) is 10.9 Å². The molecule has 3 aromatic heterocycles. The fourth-order valence-corrected chi connectivity index (χ4v) is 4.80. The minimum atomic E-state index is -0.150. The second kappa shape index (κ2) is 12.0. The number of hydrogen-bond donors (Lipinski definition) is 1. The summed E-state index contributed by atoms with van der Waals surface area (Å²) >= 11 is 0. The fourth-order valence-electron chi connectivity index (χ4n) is 4.80. The number of benzene rings is 2. The van der Waals surface area contributed by atoms with Crippen molar-refractivity contribution in [1.29, 1.82) is 0 Å². The molecule has 39 heavy (non-hydrogen) atoms. The lowest BCUT2D eigenvalue weighted by Crippen LogP contribution is -2.32. The van der Waals surface area contributed by atoms with Crippen LogP contribution >= 0.6 is 0 Å².